The van der Waals surface area contributed by atoms with Crippen molar-refractivity contribution in [2.24, 2.45) is 5.92 Å². The van der Waals surface area contributed by atoms with Crippen molar-refractivity contribution in [1.29, 1.82) is 0 Å². The van der Waals surface area contributed by atoms with E-state index in [9.17, 15) is 0 Å². The van der Waals surface area contributed by atoms with Gasteiger partial charge in [0.2, 0.25) is 0 Å². The normalized spacial score (nSPS) is 14.6. The highest BCUT2D eigenvalue weighted by Gasteiger charge is 2.24. The SMILES string of the molecule is CCCNCc1ccc(N(CCC)CC2CC2)cc1Br. The first-order chi connectivity index (χ1) is 9.74. The first kappa shape index (κ1) is 15.8. The fraction of sp³-hybridized carbons (Fsp3) is 0.647. The van der Waals surface area contributed by atoms with Crippen LogP contribution in [0.4, 0.5) is 5.69 Å². The van der Waals surface area contributed by atoms with Crippen LogP contribution in [0.25, 0.3) is 0 Å². The second-order valence-corrected chi connectivity index (χ2v) is 6.70. The van der Waals surface area contributed by atoms with Gasteiger partial charge in [0.1, 0.15) is 0 Å². The molecule has 0 spiro atoms. The van der Waals surface area contributed by atoms with Crippen molar-refractivity contribution in [1.82, 2.24) is 5.32 Å². The molecule has 1 N–H and O–H groups in total. The van der Waals surface area contributed by atoms with Crippen LogP contribution in [0.5, 0.6) is 0 Å². The zero-order chi connectivity index (χ0) is 14.4. The minimum atomic E-state index is 0.936. The van der Waals surface area contributed by atoms with Gasteiger partial charge in [-0.05, 0) is 55.8 Å². The summed E-state index contributed by atoms with van der Waals surface area (Å²) in [5.74, 6) is 0.936. The molecule has 0 bridgehead atoms. The molecule has 1 saturated carbocycles. The molecule has 0 radical (unpaired) electrons. The van der Waals surface area contributed by atoms with Gasteiger partial charge in [0, 0.05) is 29.8 Å². The van der Waals surface area contributed by atoms with Gasteiger partial charge >= 0.3 is 0 Å². The van der Waals surface area contributed by atoms with Crippen molar-refractivity contribution in [3.8, 4) is 0 Å². The van der Waals surface area contributed by atoms with Gasteiger partial charge in [0.25, 0.3) is 0 Å². The number of anilines is 1. The third-order valence-electron chi connectivity index (χ3n) is 3.81. The monoisotopic (exact) mass is 338 g/mol. The molecule has 2 nitrogen and oxygen atoms in total. The Labute approximate surface area is 132 Å². The van der Waals surface area contributed by atoms with Gasteiger partial charge in [0.05, 0.1) is 0 Å². The van der Waals surface area contributed by atoms with Crippen LogP contribution < -0.4 is 10.2 Å². The van der Waals surface area contributed by atoms with Gasteiger partial charge in [-0.15, -0.1) is 0 Å². The van der Waals surface area contributed by atoms with E-state index >= 15 is 0 Å². The second-order valence-electron chi connectivity index (χ2n) is 5.84. The molecule has 1 aliphatic rings. The summed E-state index contributed by atoms with van der Waals surface area (Å²) in [5, 5.41) is 3.46. The lowest BCUT2D eigenvalue weighted by atomic mass is 10.1. The molecule has 0 unspecified atom stereocenters. The maximum Gasteiger partial charge on any atom is 0.0377 e. The number of rotatable bonds is 9. The van der Waals surface area contributed by atoms with E-state index in [1.165, 1.54) is 48.0 Å². The summed E-state index contributed by atoms with van der Waals surface area (Å²) in [4.78, 5) is 2.55. The topological polar surface area (TPSA) is 15.3 Å². The van der Waals surface area contributed by atoms with Crippen LogP contribution in [0.3, 0.4) is 0 Å². The van der Waals surface area contributed by atoms with Gasteiger partial charge in [-0.3, -0.25) is 0 Å². The van der Waals surface area contributed by atoms with Gasteiger partial charge < -0.3 is 10.2 Å². The number of benzene rings is 1. The highest BCUT2D eigenvalue weighted by molar-refractivity contribution is 9.10. The quantitative estimate of drug-likeness (QED) is 0.663. The Kier molecular flexibility index (Phi) is 6.37. The highest BCUT2D eigenvalue weighted by Crippen LogP contribution is 2.32. The van der Waals surface area contributed by atoms with E-state index in [1.54, 1.807) is 0 Å². The molecule has 2 rings (SSSR count). The molecule has 112 valence electrons. The molecule has 0 amide bonds. The smallest absolute Gasteiger partial charge is 0.0377 e. The predicted molar refractivity (Wildman–Crippen MR) is 91.4 cm³/mol. The summed E-state index contributed by atoms with van der Waals surface area (Å²) in [5.41, 5.74) is 2.72. The Balaban J connectivity index is 2.00. The molecule has 1 aliphatic carbocycles. The standard InChI is InChI=1S/C17H27BrN2/c1-3-9-19-12-15-7-8-16(11-17(15)18)20(10-4-2)13-14-5-6-14/h7-8,11,14,19H,3-6,9-10,12-13H2,1-2H3. The van der Waals surface area contributed by atoms with Crippen LogP contribution in [-0.4, -0.2) is 19.6 Å². The lowest BCUT2D eigenvalue weighted by Crippen LogP contribution is -2.26. The van der Waals surface area contributed by atoms with Crippen molar-refractivity contribution >= 4 is 21.6 Å². The molecule has 1 fully saturated rings. The number of nitrogens with one attached hydrogen (secondary N) is 1. The number of nitrogens with zero attached hydrogens (tertiary/aromatic N) is 1. The van der Waals surface area contributed by atoms with Crippen LogP contribution in [0.2, 0.25) is 0 Å². The maximum absolute atomic E-state index is 3.73. The van der Waals surface area contributed by atoms with E-state index < -0.39 is 0 Å². The third kappa shape index (κ3) is 4.78. The zero-order valence-electron chi connectivity index (χ0n) is 12.8. The van der Waals surface area contributed by atoms with Crippen molar-refractivity contribution in [2.45, 2.75) is 46.1 Å². The largest absolute Gasteiger partial charge is 0.371 e. The van der Waals surface area contributed by atoms with Crippen molar-refractivity contribution in [3.63, 3.8) is 0 Å². The molecule has 1 aromatic carbocycles. The minimum Gasteiger partial charge on any atom is -0.371 e. The molecule has 0 saturated heterocycles. The van der Waals surface area contributed by atoms with E-state index in [2.05, 4.69) is 58.2 Å². The Morgan fingerprint density at radius 1 is 1.25 bits per heavy atom. The maximum atomic E-state index is 3.73. The van der Waals surface area contributed by atoms with Crippen LogP contribution in [0.1, 0.15) is 45.1 Å². The number of hydrogen-bond acceptors (Lipinski definition) is 2. The van der Waals surface area contributed by atoms with Gasteiger partial charge in [-0.2, -0.15) is 0 Å². The lowest BCUT2D eigenvalue weighted by Gasteiger charge is -2.25. The molecule has 0 heterocycles. The van der Waals surface area contributed by atoms with E-state index in [-0.39, 0.29) is 0 Å². The zero-order valence-corrected chi connectivity index (χ0v) is 14.4. The van der Waals surface area contributed by atoms with Crippen LogP contribution >= 0.6 is 15.9 Å². The Morgan fingerprint density at radius 3 is 2.65 bits per heavy atom. The van der Waals surface area contributed by atoms with E-state index in [0.29, 0.717) is 0 Å². The van der Waals surface area contributed by atoms with Crippen molar-refractivity contribution in [3.05, 3.63) is 28.2 Å². The first-order valence-corrected chi connectivity index (χ1v) is 8.78. The number of halogens is 1. The average molecular weight is 339 g/mol. The summed E-state index contributed by atoms with van der Waals surface area (Å²) in [7, 11) is 0. The van der Waals surface area contributed by atoms with Crippen molar-refractivity contribution < 1.29 is 0 Å². The fourth-order valence-corrected chi connectivity index (χ4v) is 2.99. The number of hydrogen-bond donors (Lipinski definition) is 1. The van der Waals surface area contributed by atoms with Crippen LogP contribution in [0, 0.1) is 5.92 Å². The molecule has 0 atom stereocenters. The summed E-state index contributed by atoms with van der Waals surface area (Å²) in [6.07, 6.45) is 5.23. The first-order valence-electron chi connectivity index (χ1n) is 7.98. The second kappa shape index (κ2) is 8.04. The summed E-state index contributed by atoms with van der Waals surface area (Å²) >= 11 is 3.73. The Morgan fingerprint density at radius 2 is 2.05 bits per heavy atom. The van der Waals surface area contributed by atoms with Gasteiger partial charge in [-0.1, -0.05) is 35.8 Å². The molecule has 0 aromatic heterocycles. The summed E-state index contributed by atoms with van der Waals surface area (Å²) in [6.45, 7) is 8.89. The van der Waals surface area contributed by atoms with E-state index in [4.69, 9.17) is 0 Å². The van der Waals surface area contributed by atoms with Gasteiger partial charge in [-0.25, -0.2) is 0 Å². The fourth-order valence-electron chi connectivity index (χ4n) is 2.48. The van der Waals surface area contributed by atoms with Crippen LogP contribution in [-0.2, 0) is 6.54 Å². The Bertz CT molecular complexity index is 415. The summed E-state index contributed by atoms with van der Waals surface area (Å²) in [6, 6.07) is 6.84. The molecule has 1 aromatic rings. The Hall–Kier alpha value is -0.540. The predicted octanol–water partition coefficient (Wildman–Crippen LogP) is 4.58. The molecule has 20 heavy (non-hydrogen) atoms. The molecular formula is C17H27BrN2. The summed E-state index contributed by atoms with van der Waals surface area (Å²) < 4.78 is 1.23. The third-order valence-corrected chi connectivity index (χ3v) is 4.55. The van der Waals surface area contributed by atoms with Crippen LogP contribution in [0.15, 0.2) is 22.7 Å². The molecule has 3 heteroatoms. The van der Waals surface area contributed by atoms with Crippen molar-refractivity contribution in [2.75, 3.05) is 24.5 Å². The average Bonchev–Trinajstić information content (AvgIpc) is 3.24. The molecule has 0 aliphatic heterocycles. The highest BCUT2D eigenvalue weighted by atomic mass is 79.9. The molecular weight excluding hydrogens is 312 g/mol. The minimum absolute atomic E-state index is 0.936. The lowest BCUT2D eigenvalue weighted by molar-refractivity contribution is 0.673. The van der Waals surface area contributed by atoms with Gasteiger partial charge in [0.15, 0.2) is 0 Å². The van der Waals surface area contributed by atoms with E-state index in [1.807, 2.05) is 0 Å². The van der Waals surface area contributed by atoms with E-state index in [0.717, 1.165) is 25.6 Å².